The van der Waals surface area contributed by atoms with E-state index in [0.29, 0.717) is 18.8 Å². The average Bonchev–Trinajstić information content (AvgIpc) is 2.97. The Morgan fingerprint density at radius 2 is 2.21 bits per heavy atom. The SMILES string of the molecule is NCC#Cc1ccccc1CNC(=O)c1ccn[nH]1. The molecule has 0 radical (unpaired) electrons. The van der Waals surface area contributed by atoms with E-state index in [0.717, 1.165) is 11.1 Å². The van der Waals surface area contributed by atoms with Crippen LogP contribution < -0.4 is 11.1 Å². The molecule has 0 fully saturated rings. The summed E-state index contributed by atoms with van der Waals surface area (Å²) in [6, 6.07) is 9.26. The Bertz CT molecular complexity index is 608. The molecular weight excluding hydrogens is 240 g/mol. The summed E-state index contributed by atoms with van der Waals surface area (Å²) in [7, 11) is 0. The van der Waals surface area contributed by atoms with E-state index in [1.165, 1.54) is 6.20 Å². The highest BCUT2D eigenvalue weighted by Crippen LogP contribution is 2.07. The van der Waals surface area contributed by atoms with Crippen LogP contribution in [0.2, 0.25) is 0 Å². The highest BCUT2D eigenvalue weighted by molar-refractivity contribution is 5.92. The Morgan fingerprint density at radius 1 is 1.37 bits per heavy atom. The molecular formula is C14H14N4O. The maximum Gasteiger partial charge on any atom is 0.269 e. The molecule has 0 spiro atoms. The fraction of sp³-hybridized carbons (Fsp3) is 0.143. The van der Waals surface area contributed by atoms with Crippen LogP contribution in [0.3, 0.4) is 0 Å². The van der Waals surface area contributed by atoms with Gasteiger partial charge in [0.15, 0.2) is 0 Å². The maximum absolute atomic E-state index is 11.8. The number of aromatic amines is 1. The first kappa shape index (κ1) is 12.9. The molecule has 1 aromatic carbocycles. The zero-order chi connectivity index (χ0) is 13.5. The van der Waals surface area contributed by atoms with Gasteiger partial charge < -0.3 is 11.1 Å². The van der Waals surface area contributed by atoms with Gasteiger partial charge >= 0.3 is 0 Å². The van der Waals surface area contributed by atoms with E-state index >= 15 is 0 Å². The minimum Gasteiger partial charge on any atom is -0.347 e. The van der Waals surface area contributed by atoms with Crippen molar-refractivity contribution in [3.8, 4) is 11.8 Å². The zero-order valence-corrected chi connectivity index (χ0v) is 10.3. The van der Waals surface area contributed by atoms with Crippen LogP contribution in [0.4, 0.5) is 0 Å². The van der Waals surface area contributed by atoms with Gasteiger partial charge in [-0.25, -0.2) is 0 Å². The summed E-state index contributed by atoms with van der Waals surface area (Å²) < 4.78 is 0. The number of hydrogen-bond donors (Lipinski definition) is 3. The molecule has 0 atom stereocenters. The van der Waals surface area contributed by atoms with Gasteiger partial charge in [-0.1, -0.05) is 30.0 Å². The average molecular weight is 254 g/mol. The van der Waals surface area contributed by atoms with Crippen molar-refractivity contribution in [2.24, 2.45) is 5.73 Å². The second kappa shape index (κ2) is 6.38. The first-order chi connectivity index (χ1) is 9.31. The standard InChI is InChI=1S/C14H14N4O/c15-8-3-6-11-4-1-2-5-12(11)10-16-14(19)13-7-9-17-18-13/h1-2,4-5,7,9H,8,10,15H2,(H,16,19)(H,17,18). The number of amides is 1. The predicted octanol–water partition coefficient (Wildman–Crippen LogP) is 0.650. The molecule has 0 bridgehead atoms. The highest BCUT2D eigenvalue weighted by atomic mass is 16.1. The lowest BCUT2D eigenvalue weighted by atomic mass is 10.1. The van der Waals surface area contributed by atoms with Crippen molar-refractivity contribution in [2.75, 3.05) is 6.54 Å². The molecule has 5 nitrogen and oxygen atoms in total. The Balaban J connectivity index is 2.05. The first-order valence-corrected chi connectivity index (χ1v) is 5.85. The van der Waals surface area contributed by atoms with Crippen LogP contribution in [-0.4, -0.2) is 22.6 Å². The van der Waals surface area contributed by atoms with Gasteiger partial charge in [-0.2, -0.15) is 5.10 Å². The van der Waals surface area contributed by atoms with Crippen molar-refractivity contribution < 1.29 is 4.79 Å². The predicted molar refractivity (Wildman–Crippen MR) is 72.1 cm³/mol. The van der Waals surface area contributed by atoms with Gasteiger partial charge in [0.2, 0.25) is 0 Å². The molecule has 0 unspecified atom stereocenters. The topological polar surface area (TPSA) is 83.8 Å². The third-order valence-electron chi connectivity index (χ3n) is 2.53. The van der Waals surface area contributed by atoms with Gasteiger partial charge in [0.05, 0.1) is 6.54 Å². The van der Waals surface area contributed by atoms with Crippen molar-refractivity contribution in [2.45, 2.75) is 6.54 Å². The molecule has 0 aliphatic carbocycles. The van der Waals surface area contributed by atoms with E-state index in [2.05, 4.69) is 27.4 Å². The van der Waals surface area contributed by atoms with E-state index in [1.54, 1.807) is 6.07 Å². The van der Waals surface area contributed by atoms with E-state index < -0.39 is 0 Å². The number of nitrogens with zero attached hydrogens (tertiary/aromatic N) is 1. The van der Waals surface area contributed by atoms with Crippen LogP contribution in [0.25, 0.3) is 0 Å². The van der Waals surface area contributed by atoms with Crippen LogP contribution in [0.15, 0.2) is 36.5 Å². The van der Waals surface area contributed by atoms with Crippen LogP contribution in [0.5, 0.6) is 0 Å². The number of H-pyrrole nitrogens is 1. The second-order valence-corrected chi connectivity index (χ2v) is 3.82. The molecule has 0 aliphatic rings. The lowest BCUT2D eigenvalue weighted by molar-refractivity contribution is 0.0946. The summed E-state index contributed by atoms with van der Waals surface area (Å²) in [6.07, 6.45) is 1.54. The van der Waals surface area contributed by atoms with E-state index in [1.807, 2.05) is 24.3 Å². The van der Waals surface area contributed by atoms with Crippen LogP contribution in [0.1, 0.15) is 21.6 Å². The number of carbonyl (C=O) groups is 1. The van der Waals surface area contributed by atoms with Gasteiger partial charge in [-0.05, 0) is 17.7 Å². The van der Waals surface area contributed by atoms with E-state index in [9.17, 15) is 4.79 Å². The number of nitrogens with two attached hydrogens (primary N) is 1. The van der Waals surface area contributed by atoms with Gasteiger partial charge in [-0.3, -0.25) is 9.89 Å². The fourth-order valence-electron chi connectivity index (χ4n) is 1.60. The number of aromatic nitrogens is 2. The Kier molecular flexibility index (Phi) is 4.32. The lowest BCUT2D eigenvalue weighted by Gasteiger charge is -2.06. The third kappa shape index (κ3) is 3.44. The molecule has 4 N–H and O–H groups in total. The van der Waals surface area contributed by atoms with Crippen LogP contribution >= 0.6 is 0 Å². The van der Waals surface area contributed by atoms with E-state index in [4.69, 9.17) is 5.73 Å². The maximum atomic E-state index is 11.8. The zero-order valence-electron chi connectivity index (χ0n) is 10.3. The Hall–Kier alpha value is -2.58. The number of nitrogens with one attached hydrogen (secondary N) is 2. The van der Waals surface area contributed by atoms with Crippen LogP contribution in [-0.2, 0) is 6.54 Å². The Morgan fingerprint density at radius 3 is 2.95 bits per heavy atom. The Labute approximate surface area is 111 Å². The van der Waals surface area contributed by atoms with Crippen LogP contribution in [0, 0.1) is 11.8 Å². The van der Waals surface area contributed by atoms with Gasteiger partial charge in [0.1, 0.15) is 5.69 Å². The summed E-state index contributed by atoms with van der Waals surface area (Å²) >= 11 is 0. The monoisotopic (exact) mass is 254 g/mol. The molecule has 0 aliphatic heterocycles. The summed E-state index contributed by atoms with van der Waals surface area (Å²) in [5.41, 5.74) is 7.62. The number of benzene rings is 1. The van der Waals surface area contributed by atoms with Gasteiger partial charge in [0.25, 0.3) is 5.91 Å². The molecule has 19 heavy (non-hydrogen) atoms. The quantitative estimate of drug-likeness (QED) is 0.703. The molecule has 2 aromatic rings. The van der Waals surface area contributed by atoms with Gasteiger partial charge in [0, 0.05) is 18.3 Å². The van der Waals surface area contributed by atoms with Gasteiger partial charge in [-0.15, -0.1) is 0 Å². The summed E-state index contributed by atoms with van der Waals surface area (Å²) in [6.45, 7) is 0.724. The molecule has 0 saturated carbocycles. The highest BCUT2D eigenvalue weighted by Gasteiger charge is 2.07. The summed E-state index contributed by atoms with van der Waals surface area (Å²) in [5, 5.41) is 9.16. The molecule has 96 valence electrons. The third-order valence-corrected chi connectivity index (χ3v) is 2.53. The molecule has 1 amide bonds. The number of carbonyl (C=O) groups excluding carboxylic acids is 1. The van der Waals surface area contributed by atoms with Crippen molar-refractivity contribution in [1.82, 2.24) is 15.5 Å². The van der Waals surface area contributed by atoms with Crippen molar-refractivity contribution in [3.63, 3.8) is 0 Å². The summed E-state index contributed by atoms with van der Waals surface area (Å²) in [4.78, 5) is 11.8. The molecule has 5 heteroatoms. The molecule has 1 heterocycles. The lowest BCUT2D eigenvalue weighted by Crippen LogP contribution is -2.23. The van der Waals surface area contributed by atoms with Crippen molar-refractivity contribution in [1.29, 1.82) is 0 Å². The molecule has 2 rings (SSSR count). The van der Waals surface area contributed by atoms with Crippen molar-refractivity contribution in [3.05, 3.63) is 53.3 Å². The molecule has 0 saturated heterocycles. The smallest absolute Gasteiger partial charge is 0.269 e. The minimum absolute atomic E-state index is 0.195. The largest absolute Gasteiger partial charge is 0.347 e. The molecule has 1 aromatic heterocycles. The normalized spacial score (nSPS) is 9.53. The summed E-state index contributed by atoms with van der Waals surface area (Å²) in [5.74, 6) is 5.60. The second-order valence-electron chi connectivity index (χ2n) is 3.82. The van der Waals surface area contributed by atoms with Crippen molar-refractivity contribution >= 4 is 5.91 Å². The number of rotatable bonds is 3. The first-order valence-electron chi connectivity index (χ1n) is 5.85. The number of hydrogen-bond acceptors (Lipinski definition) is 3. The van der Waals surface area contributed by atoms with E-state index in [-0.39, 0.29) is 5.91 Å². The minimum atomic E-state index is -0.195. The fourth-order valence-corrected chi connectivity index (χ4v) is 1.60.